The van der Waals surface area contributed by atoms with Crippen molar-refractivity contribution in [2.45, 2.75) is 19.1 Å². The zero-order chi connectivity index (χ0) is 26.1. The third-order valence-electron chi connectivity index (χ3n) is 4.38. The summed E-state index contributed by atoms with van der Waals surface area (Å²) in [6.45, 7) is 1.38. The van der Waals surface area contributed by atoms with Gasteiger partial charge in [-0.25, -0.2) is 17.2 Å². The van der Waals surface area contributed by atoms with Crippen LogP contribution in [0.25, 0.3) is 0 Å². The largest absolute Gasteiger partial charge is 0.417 e. The van der Waals surface area contributed by atoms with Gasteiger partial charge in [0.25, 0.3) is 5.91 Å². The van der Waals surface area contributed by atoms with Crippen molar-refractivity contribution in [2.24, 2.45) is 0 Å². The van der Waals surface area contributed by atoms with E-state index in [1.54, 1.807) is 4.72 Å². The molecule has 1 amide bonds. The van der Waals surface area contributed by atoms with Crippen LogP contribution in [-0.4, -0.2) is 25.6 Å². The summed E-state index contributed by atoms with van der Waals surface area (Å²) in [4.78, 5) is 16.1. The second-order valence-electron chi connectivity index (χ2n) is 7.15. The predicted molar refractivity (Wildman–Crippen MR) is 114 cm³/mol. The molecule has 3 aromatic rings. The number of nitrogens with zero attached hydrogens (tertiary/aromatic N) is 1. The molecule has 2 N–H and O–H groups in total. The van der Waals surface area contributed by atoms with Gasteiger partial charge in [0.05, 0.1) is 22.9 Å². The SMILES string of the molecule is CC(NC(=O)c1coc(Oc2cccc(C(F)(F)F)c2Cl)n1)c1cc(F)c(NS(C)(=O)=O)c(F)c1. The minimum atomic E-state index is -4.73. The molecular weight excluding hydrogens is 525 g/mol. The van der Waals surface area contributed by atoms with Crippen LogP contribution in [0.15, 0.2) is 41.0 Å². The van der Waals surface area contributed by atoms with Crippen LogP contribution in [0.1, 0.15) is 34.6 Å². The van der Waals surface area contributed by atoms with E-state index in [-0.39, 0.29) is 11.3 Å². The lowest BCUT2D eigenvalue weighted by Crippen LogP contribution is -2.27. The Morgan fingerprint density at radius 2 is 1.83 bits per heavy atom. The highest BCUT2D eigenvalue weighted by atomic mass is 35.5. The highest BCUT2D eigenvalue weighted by Gasteiger charge is 2.34. The Bertz CT molecular complexity index is 1350. The first-order valence-corrected chi connectivity index (χ1v) is 11.7. The number of carbonyl (C=O) groups excluding carboxylic acids is 1. The number of amides is 1. The van der Waals surface area contributed by atoms with Crippen molar-refractivity contribution >= 4 is 33.2 Å². The van der Waals surface area contributed by atoms with Crippen molar-refractivity contribution < 1.29 is 44.3 Å². The molecule has 15 heteroatoms. The molecule has 0 radical (unpaired) electrons. The molecule has 0 aliphatic heterocycles. The number of benzene rings is 2. The van der Waals surface area contributed by atoms with Crippen LogP contribution in [0, 0.1) is 11.6 Å². The first-order chi connectivity index (χ1) is 16.2. The molecule has 0 aliphatic carbocycles. The van der Waals surface area contributed by atoms with E-state index in [0.29, 0.717) is 0 Å². The highest BCUT2D eigenvalue weighted by molar-refractivity contribution is 7.92. The maximum Gasteiger partial charge on any atom is 0.417 e. The van der Waals surface area contributed by atoms with E-state index in [4.69, 9.17) is 20.8 Å². The fourth-order valence-electron chi connectivity index (χ4n) is 2.79. The highest BCUT2D eigenvalue weighted by Crippen LogP contribution is 2.40. The third kappa shape index (κ3) is 6.39. The van der Waals surface area contributed by atoms with Crippen LogP contribution >= 0.6 is 11.6 Å². The lowest BCUT2D eigenvalue weighted by Gasteiger charge is -2.15. The number of oxazole rings is 1. The molecular formula is C20H15ClF5N3O5S. The van der Waals surface area contributed by atoms with Crippen LogP contribution in [-0.2, 0) is 16.2 Å². The normalized spacial score (nSPS) is 12.8. The van der Waals surface area contributed by atoms with Crippen LogP contribution in [0.3, 0.4) is 0 Å². The molecule has 0 bridgehead atoms. The lowest BCUT2D eigenvalue weighted by atomic mass is 10.1. The Hall–Kier alpha value is -3.39. The van der Waals surface area contributed by atoms with Gasteiger partial charge in [-0.05, 0) is 36.8 Å². The van der Waals surface area contributed by atoms with Gasteiger partial charge in [-0.2, -0.15) is 18.2 Å². The Kier molecular flexibility index (Phi) is 7.26. The number of rotatable bonds is 7. The van der Waals surface area contributed by atoms with E-state index in [0.717, 1.165) is 42.9 Å². The molecule has 35 heavy (non-hydrogen) atoms. The van der Waals surface area contributed by atoms with Crippen molar-refractivity contribution in [3.63, 3.8) is 0 Å². The molecule has 1 heterocycles. The second-order valence-corrected chi connectivity index (χ2v) is 9.27. The van der Waals surface area contributed by atoms with Gasteiger partial charge in [0.1, 0.15) is 12.0 Å². The Balaban J connectivity index is 1.73. The molecule has 3 rings (SSSR count). The van der Waals surface area contributed by atoms with E-state index < -0.39 is 67.9 Å². The summed E-state index contributed by atoms with van der Waals surface area (Å²) in [6.07, 6.45) is -3.75. The zero-order valence-electron chi connectivity index (χ0n) is 17.7. The quantitative estimate of drug-likeness (QED) is 0.395. The summed E-state index contributed by atoms with van der Waals surface area (Å²) in [5.74, 6) is -3.70. The molecule has 0 aliphatic rings. The molecule has 0 saturated heterocycles. The minimum absolute atomic E-state index is 0.0388. The van der Waals surface area contributed by atoms with Gasteiger partial charge in [0, 0.05) is 0 Å². The van der Waals surface area contributed by atoms with Gasteiger partial charge >= 0.3 is 12.3 Å². The number of hydrogen-bond donors (Lipinski definition) is 2. The number of sulfonamides is 1. The average Bonchev–Trinajstić information content (AvgIpc) is 3.19. The number of aromatic nitrogens is 1. The molecule has 0 saturated carbocycles. The van der Waals surface area contributed by atoms with Crippen LogP contribution in [0.4, 0.5) is 27.6 Å². The smallest absolute Gasteiger partial charge is 0.416 e. The van der Waals surface area contributed by atoms with Gasteiger partial charge in [0.2, 0.25) is 10.0 Å². The molecule has 0 spiro atoms. The number of alkyl halides is 3. The van der Waals surface area contributed by atoms with Gasteiger partial charge < -0.3 is 14.5 Å². The summed E-state index contributed by atoms with van der Waals surface area (Å²) < 4.78 is 102. The number of hydrogen-bond acceptors (Lipinski definition) is 6. The summed E-state index contributed by atoms with van der Waals surface area (Å²) in [5, 5.41) is 1.65. The minimum Gasteiger partial charge on any atom is -0.416 e. The molecule has 1 atom stereocenters. The molecule has 1 aromatic heterocycles. The summed E-state index contributed by atoms with van der Waals surface area (Å²) in [5.41, 5.74) is -2.41. The van der Waals surface area contributed by atoms with Gasteiger partial charge in [0.15, 0.2) is 23.1 Å². The number of anilines is 1. The summed E-state index contributed by atoms with van der Waals surface area (Å²) in [6, 6.07) is 3.62. The van der Waals surface area contributed by atoms with Crippen LogP contribution in [0.2, 0.25) is 5.02 Å². The maximum atomic E-state index is 14.2. The molecule has 0 fully saturated rings. The van der Waals surface area contributed by atoms with E-state index in [1.807, 2.05) is 0 Å². The molecule has 1 unspecified atom stereocenters. The number of halogens is 6. The number of carbonyl (C=O) groups is 1. The van der Waals surface area contributed by atoms with Crippen molar-refractivity contribution in [3.05, 3.63) is 70.1 Å². The maximum absolute atomic E-state index is 14.2. The van der Waals surface area contributed by atoms with E-state index in [2.05, 4.69) is 10.3 Å². The fourth-order valence-corrected chi connectivity index (χ4v) is 3.63. The molecule has 2 aromatic carbocycles. The first-order valence-electron chi connectivity index (χ1n) is 9.42. The number of nitrogens with one attached hydrogen (secondary N) is 2. The second kappa shape index (κ2) is 9.70. The summed E-state index contributed by atoms with van der Waals surface area (Å²) >= 11 is 5.73. The van der Waals surface area contributed by atoms with Gasteiger partial charge in [-0.3, -0.25) is 9.52 Å². The monoisotopic (exact) mass is 539 g/mol. The topological polar surface area (TPSA) is 111 Å². The Labute approximate surface area is 200 Å². The third-order valence-corrected chi connectivity index (χ3v) is 5.35. The van der Waals surface area contributed by atoms with E-state index >= 15 is 0 Å². The Morgan fingerprint density at radius 1 is 1.20 bits per heavy atom. The molecule has 8 nitrogen and oxygen atoms in total. The number of ether oxygens (including phenoxy) is 1. The zero-order valence-corrected chi connectivity index (χ0v) is 19.3. The van der Waals surface area contributed by atoms with Crippen LogP contribution < -0.4 is 14.8 Å². The van der Waals surface area contributed by atoms with Gasteiger partial charge in [-0.15, -0.1) is 0 Å². The fraction of sp³-hybridized carbons (Fsp3) is 0.200. The summed E-state index contributed by atoms with van der Waals surface area (Å²) in [7, 11) is -3.94. The average molecular weight is 540 g/mol. The van der Waals surface area contributed by atoms with Gasteiger partial charge in [-0.1, -0.05) is 17.7 Å². The predicted octanol–water partition coefficient (Wildman–Crippen LogP) is 5.28. The van der Waals surface area contributed by atoms with Crippen LogP contribution in [0.5, 0.6) is 11.8 Å². The van der Waals surface area contributed by atoms with Crippen molar-refractivity contribution in [2.75, 3.05) is 11.0 Å². The standard InChI is InChI=1S/C20H15ClF5N3O5S/c1-9(10-6-12(22)17(13(23)7-10)29-35(2,31)32)27-18(30)14-8-33-19(28-14)34-15-5-3-4-11(16(15)21)20(24,25)26/h3-9,29H,1-2H3,(H,27,30). The Morgan fingerprint density at radius 3 is 2.40 bits per heavy atom. The van der Waals surface area contributed by atoms with Crippen molar-refractivity contribution in [1.82, 2.24) is 10.3 Å². The lowest BCUT2D eigenvalue weighted by molar-refractivity contribution is -0.137. The van der Waals surface area contributed by atoms with Crippen molar-refractivity contribution in [1.29, 1.82) is 0 Å². The van der Waals surface area contributed by atoms with E-state index in [1.165, 1.54) is 6.92 Å². The first kappa shape index (κ1) is 26.2. The van der Waals surface area contributed by atoms with Crippen molar-refractivity contribution in [3.8, 4) is 11.8 Å². The van der Waals surface area contributed by atoms with E-state index in [9.17, 15) is 35.2 Å². The molecule has 188 valence electrons.